The third kappa shape index (κ3) is 4.84. The van der Waals surface area contributed by atoms with Crippen molar-refractivity contribution in [1.29, 1.82) is 0 Å². The van der Waals surface area contributed by atoms with Crippen molar-refractivity contribution in [3.05, 3.63) is 42.2 Å². The Balaban J connectivity index is 1.67. The van der Waals surface area contributed by atoms with E-state index in [1.165, 1.54) is 0 Å². The molecule has 2 aromatic rings. The summed E-state index contributed by atoms with van der Waals surface area (Å²) in [6.45, 7) is 9.10. The van der Waals surface area contributed by atoms with Crippen molar-refractivity contribution < 1.29 is 9.84 Å². The number of thioether (sulfide) groups is 1. The summed E-state index contributed by atoms with van der Waals surface area (Å²) in [5.41, 5.74) is 1.15. The monoisotopic (exact) mass is 388 g/mol. The van der Waals surface area contributed by atoms with Crippen molar-refractivity contribution in [2.24, 2.45) is 7.05 Å². The average molecular weight is 389 g/mol. The fourth-order valence-corrected chi connectivity index (χ4v) is 4.19. The zero-order valence-electron chi connectivity index (χ0n) is 16.1. The van der Waals surface area contributed by atoms with Crippen LogP contribution >= 0.6 is 11.8 Å². The molecule has 1 aliphatic rings. The maximum absolute atomic E-state index is 9.89. The number of hydrogen-bond acceptors (Lipinski definition) is 6. The van der Waals surface area contributed by atoms with Crippen LogP contribution in [0.4, 0.5) is 0 Å². The van der Waals surface area contributed by atoms with Gasteiger partial charge in [-0.1, -0.05) is 23.9 Å². The quantitative estimate of drug-likeness (QED) is 0.551. The van der Waals surface area contributed by atoms with E-state index in [-0.39, 0.29) is 5.75 Å². The van der Waals surface area contributed by atoms with Crippen molar-refractivity contribution in [2.45, 2.75) is 37.4 Å². The molecule has 146 valence electrons. The van der Waals surface area contributed by atoms with Gasteiger partial charge in [-0.05, 0) is 44.0 Å². The summed E-state index contributed by atoms with van der Waals surface area (Å²) in [6.07, 6.45) is 4.16. The normalized spacial score (nSPS) is 17.8. The van der Waals surface area contributed by atoms with Crippen LogP contribution in [0.1, 0.15) is 37.1 Å². The summed E-state index contributed by atoms with van der Waals surface area (Å²) in [5.74, 6) is 3.04. The molecule has 7 heteroatoms. The predicted octanol–water partition coefficient (Wildman–Crippen LogP) is 3.58. The van der Waals surface area contributed by atoms with Gasteiger partial charge in [-0.3, -0.25) is 4.90 Å². The summed E-state index contributed by atoms with van der Waals surface area (Å²) in [5, 5.41) is 19.6. The maximum Gasteiger partial charge on any atom is 0.191 e. The van der Waals surface area contributed by atoms with Gasteiger partial charge >= 0.3 is 0 Å². The Hall–Kier alpha value is -1.99. The maximum atomic E-state index is 9.89. The van der Waals surface area contributed by atoms with Crippen LogP contribution in [0.25, 0.3) is 0 Å². The van der Waals surface area contributed by atoms with Crippen molar-refractivity contribution in [3.63, 3.8) is 0 Å². The number of likely N-dealkylation sites (tertiary alicyclic amines) is 1. The summed E-state index contributed by atoms with van der Waals surface area (Å²) >= 11 is 1.66. The lowest BCUT2D eigenvalue weighted by Crippen LogP contribution is -2.34. The van der Waals surface area contributed by atoms with Gasteiger partial charge < -0.3 is 14.4 Å². The lowest BCUT2D eigenvalue weighted by molar-refractivity contribution is 0.194. The fourth-order valence-electron chi connectivity index (χ4n) is 3.54. The van der Waals surface area contributed by atoms with E-state index in [4.69, 9.17) is 4.74 Å². The third-order valence-electron chi connectivity index (χ3n) is 4.80. The summed E-state index contributed by atoms with van der Waals surface area (Å²) in [4.78, 5) is 2.45. The second-order valence-corrected chi connectivity index (χ2v) is 7.80. The Morgan fingerprint density at radius 3 is 3.04 bits per heavy atom. The second-order valence-electron chi connectivity index (χ2n) is 6.81. The molecule has 0 spiro atoms. The number of benzene rings is 1. The molecule has 0 radical (unpaired) electrons. The SMILES string of the molecule is C=CCSc1nnc([C@H]2CCCN(Cc3ccc(O)c(OCC)c3)C2)n1C. The first-order chi connectivity index (χ1) is 13.1. The molecule has 2 heterocycles. The molecule has 1 aliphatic heterocycles. The highest BCUT2D eigenvalue weighted by molar-refractivity contribution is 7.99. The van der Waals surface area contributed by atoms with E-state index in [1.807, 2.05) is 32.2 Å². The largest absolute Gasteiger partial charge is 0.504 e. The number of aromatic nitrogens is 3. The van der Waals surface area contributed by atoms with Crippen molar-refractivity contribution >= 4 is 11.8 Å². The Morgan fingerprint density at radius 1 is 1.41 bits per heavy atom. The van der Waals surface area contributed by atoms with Gasteiger partial charge in [0, 0.05) is 31.8 Å². The molecule has 0 saturated carbocycles. The van der Waals surface area contributed by atoms with Crippen LogP contribution in [-0.2, 0) is 13.6 Å². The van der Waals surface area contributed by atoms with Crippen molar-refractivity contribution in [2.75, 3.05) is 25.4 Å². The fraction of sp³-hybridized carbons (Fsp3) is 0.500. The van der Waals surface area contributed by atoms with Gasteiger partial charge in [0.05, 0.1) is 6.61 Å². The molecule has 0 aliphatic carbocycles. The first kappa shape index (κ1) is 19.8. The number of phenols is 1. The van der Waals surface area contributed by atoms with Gasteiger partial charge in [-0.25, -0.2) is 0 Å². The number of nitrogens with zero attached hydrogens (tertiary/aromatic N) is 4. The van der Waals surface area contributed by atoms with E-state index in [9.17, 15) is 5.11 Å². The van der Waals surface area contributed by atoms with Gasteiger partial charge in [0.15, 0.2) is 16.7 Å². The Bertz CT molecular complexity index is 777. The van der Waals surface area contributed by atoms with Crippen molar-refractivity contribution in [1.82, 2.24) is 19.7 Å². The standard InChI is InChI=1S/C20H28N4O2S/c1-4-11-27-20-22-21-19(23(20)3)16-7-6-10-24(14-16)13-15-8-9-17(25)18(12-15)26-5-2/h4,8-9,12,16,25H,1,5-7,10-11,13-14H2,2-3H3/t16-/m0/s1. The number of rotatable bonds is 8. The zero-order valence-corrected chi connectivity index (χ0v) is 16.9. The lowest BCUT2D eigenvalue weighted by atomic mass is 9.96. The molecule has 0 amide bonds. The van der Waals surface area contributed by atoms with Crippen molar-refractivity contribution in [3.8, 4) is 11.5 Å². The van der Waals surface area contributed by atoms with Crippen LogP contribution in [0.2, 0.25) is 0 Å². The second kappa shape index (κ2) is 9.28. The average Bonchev–Trinajstić information content (AvgIpc) is 3.04. The first-order valence-electron chi connectivity index (χ1n) is 9.42. The Labute approximate surface area is 165 Å². The van der Waals surface area contributed by atoms with Crippen LogP contribution in [0, 0.1) is 0 Å². The number of ether oxygens (including phenoxy) is 1. The predicted molar refractivity (Wildman–Crippen MR) is 108 cm³/mol. The highest BCUT2D eigenvalue weighted by Crippen LogP contribution is 2.31. The molecular formula is C20H28N4O2S. The van der Waals surface area contributed by atoms with Crippen LogP contribution in [0.15, 0.2) is 36.0 Å². The number of aromatic hydroxyl groups is 1. The third-order valence-corrected chi connectivity index (χ3v) is 5.82. The van der Waals surface area contributed by atoms with E-state index in [1.54, 1.807) is 17.8 Å². The summed E-state index contributed by atoms with van der Waals surface area (Å²) in [7, 11) is 2.05. The molecule has 1 fully saturated rings. The van der Waals surface area contributed by atoms with Gasteiger partial charge in [0.2, 0.25) is 0 Å². The molecule has 1 aromatic carbocycles. The molecular weight excluding hydrogens is 360 g/mol. The zero-order chi connectivity index (χ0) is 19.2. The first-order valence-corrected chi connectivity index (χ1v) is 10.4. The molecule has 27 heavy (non-hydrogen) atoms. The van der Waals surface area contributed by atoms with E-state index in [2.05, 4.69) is 26.2 Å². The van der Waals surface area contributed by atoms with Crippen LogP contribution in [0.5, 0.6) is 11.5 Å². The minimum Gasteiger partial charge on any atom is -0.504 e. The van der Waals surface area contributed by atoms with Gasteiger partial charge in [-0.15, -0.1) is 16.8 Å². The van der Waals surface area contributed by atoms with E-state index < -0.39 is 0 Å². The molecule has 1 N–H and O–H groups in total. The molecule has 3 rings (SSSR count). The molecule has 1 saturated heterocycles. The summed E-state index contributed by atoms with van der Waals surface area (Å²) in [6, 6.07) is 5.62. The summed E-state index contributed by atoms with van der Waals surface area (Å²) < 4.78 is 7.63. The highest BCUT2D eigenvalue weighted by atomic mass is 32.2. The molecule has 1 aromatic heterocycles. The van der Waals surface area contributed by atoms with Crippen LogP contribution < -0.4 is 4.74 Å². The van der Waals surface area contributed by atoms with Crippen LogP contribution in [-0.4, -0.2) is 50.2 Å². The van der Waals surface area contributed by atoms with E-state index in [0.29, 0.717) is 18.3 Å². The molecule has 1 atom stereocenters. The number of phenolic OH excluding ortho intramolecular Hbond substituents is 1. The van der Waals surface area contributed by atoms with E-state index in [0.717, 1.165) is 54.8 Å². The minimum atomic E-state index is 0.195. The van der Waals surface area contributed by atoms with E-state index >= 15 is 0 Å². The smallest absolute Gasteiger partial charge is 0.191 e. The Kier molecular flexibility index (Phi) is 6.79. The number of hydrogen-bond donors (Lipinski definition) is 1. The highest BCUT2D eigenvalue weighted by Gasteiger charge is 2.26. The molecule has 0 unspecified atom stereocenters. The molecule has 6 nitrogen and oxygen atoms in total. The van der Waals surface area contributed by atoms with Gasteiger partial charge in [0.25, 0.3) is 0 Å². The van der Waals surface area contributed by atoms with Gasteiger partial charge in [-0.2, -0.15) is 0 Å². The lowest BCUT2D eigenvalue weighted by Gasteiger charge is -2.32. The number of piperidine rings is 1. The van der Waals surface area contributed by atoms with Gasteiger partial charge in [0.1, 0.15) is 5.82 Å². The minimum absolute atomic E-state index is 0.195. The molecule has 0 bridgehead atoms. The van der Waals surface area contributed by atoms with Crippen LogP contribution in [0.3, 0.4) is 0 Å². The Morgan fingerprint density at radius 2 is 2.26 bits per heavy atom. The topological polar surface area (TPSA) is 63.4 Å².